The maximum Gasteiger partial charge on any atom is 0.331 e. The normalized spacial score (nSPS) is 19.3. The molecule has 9 heterocycles. The fraction of sp³-hybridized carbons (Fsp3) is 0.694. The molecule has 0 amide bonds. The maximum absolute atomic E-state index is 13.0. The zero-order valence-corrected chi connectivity index (χ0v) is 44.4. The number of rotatable bonds is 16. The lowest BCUT2D eigenvalue weighted by Crippen LogP contribution is -2.51. The SMILES string of the molecule is CCC1(COS(C)(=O)=O)COC1.CCC1(Cn2c(=O)c3c(cnn3CC3CC3)n(C)c2=O)COC1.CCC1(Cn2c(=O)c3c(cnn3CC3CC3)n(C)c2=O)COC1.Cn1c(=O)[nH]c(=O)c2c1cnn2CC1CC1. The van der Waals surface area contributed by atoms with Crippen molar-refractivity contribution in [1.82, 2.24) is 57.2 Å². The van der Waals surface area contributed by atoms with Crippen molar-refractivity contribution in [2.24, 2.45) is 55.1 Å². The van der Waals surface area contributed by atoms with Gasteiger partial charge < -0.3 is 14.2 Å². The van der Waals surface area contributed by atoms with Crippen LogP contribution in [0.1, 0.15) is 78.6 Å². The van der Waals surface area contributed by atoms with Gasteiger partial charge in [-0.2, -0.15) is 23.7 Å². The lowest BCUT2D eigenvalue weighted by atomic mass is 9.83. The molecule has 24 nitrogen and oxygen atoms in total. The van der Waals surface area contributed by atoms with E-state index in [-0.39, 0.29) is 50.9 Å². The zero-order chi connectivity index (χ0) is 52.9. The molecule has 3 saturated carbocycles. The minimum absolute atomic E-state index is 0.0525. The third kappa shape index (κ3) is 11.0. The second-order valence-electron chi connectivity index (χ2n) is 21.8. The molecule has 0 spiro atoms. The van der Waals surface area contributed by atoms with Crippen LogP contribution in [0.2, 0.25) is 0 Å². The molecule has 3 aliphatic heterocycles. The molecular formula is C49H70N12O12S. The lowest BCUT2D eigenvalue weighted by molar-refractivity contribution is -0.132. The molecule has 404 valence electrons. The molecule has 0 bridgehead atoms. The van der Waals surface area contributed by atoms with E-state index < -0.39 is 15.8 Å². The number of H-pyrrole nitrogens is 1. The number of nitrogens with zero attached hydrogens (tertiary/aromatic N) is 11. The summed E-state index contributed by atoms with van der Waals surface area (Å²) in [6.45, 7) is 13.2. The number of aromatic amines is 1. The number of hydrogen-bond donors (Lipinski definition) is 1. The van der Waals surface area contributed by atoms with Crippen LogP contribution >= 0.6 is 0 Å². The van der Waals surface area contributed by atoms with E-state index in [0.717, 1.165) is 45.2 Å². The molecule has 3 aliphatic carbocycles. The first-order valence-corrected chi connectivity index (χ1v) is 27.6. The van der Waals surface area contributed by atoms with Gasteiger partial charge in [-0.05, 0) is 75.5 Å². The average molecular weight is 1050 g/mol. The number of ether oxygens (including phenoxy) is 3. The van der Waals surface area contributed by atoms with E-state index in [0.29, 0.717) is 104 Å². The van der Waals surface area contributed by atoms with E-state index in [4.69, 9.17) is 18.4 Å². The standard InChI is InChI=1S/2C16H22N4O3.C10H12N4O2.C7H14O4S/c2*1-3-16(9-23-10-16)8-19-14(21)13-12(18(2)15(19)22)6-17-20(13)7-11-4-5-11;1-13-7-4-11-14(5-6-2-3-6)8(7)9(15)12-10(13)16;1-3-7(4-10-5-7)6-11-12(2,8)9/h2*6,11H,3-5,7-10H2,1-2H3;4,6H,2-3,5H2,1H3,(H,12,15,16);3-6H2,1-2H3. The summed E-state index contributed by atoms with van der Waals surface area (Å²) in [5.41, 5.74) is 1.45. The molecule has 3 saturated heterocycles. The van der Waals surface area contributed by atoms with Gasteiger partial charge >= 0.3 is 17.1 Å². The van der Waals surface area contributed by atoms with E-state index in [2.05, 4.69) is 34.1 Å². The van der Waals surface area contributed by atoms with Crippen LogP contribution in [0.4, 0.5) is 0 Å². The monoisotopic (exact) mass is 1050 g/mol. The lowest BCUT2D eigenvalue weighted by Gasteiger charge is -2.40. The Kier molecular flexibility index (Phi) is 14.9. The van der Waals surface area contributed by atoms with E-state index in [9.17, 15) is 37.2 Å². The highest BCUT2D eigenvalue weighted by Gasteiger charge is 2.41. The predicted octanol–water partition coefficient (Wildman–Crippen LogP) is 1.69. The Morgan fingerprint density at radius 3 is 1.23 bits per heavy atom. The van der Waals surface area contributed by atoms with Gasteiger partial charge in [-0.1, -0.05) is 20.8 Å². The second-order valence-corrected chi connectivity index (χ2v) is 23.4. The van der Waals surface area contributed by atoms with E-state index in [1.54, 1.807) is 53.8 Å². The van der Waals surface area contributed by atoms with Crippen molar-refractivity contribution in [3.05, 3.63) is 81.1 Å². The largest absolute Gasteiger partial charge is 0.380 e. The summed E-state index contributed by atoms with van der Waals surface area (Å²) in [7, 11) is 1.75. The first-order chi connectivity index (χ1) is 35.2. The van der Waals surface area contributed by atoms with E-state index in [1.807, 2.05) is 6.92 Å². The predicted molar refractivity (Wildman–Crippen MR) is 274 cm³/mol. The fourth-order valence-electron chi connectivity index (χ4n) is 9.49. The van der Waals surface area contributed by atoms with Crippen LogP contribution in [0.5, 0.6) is 0 Å². The highest BCUT2D eigenvalue weighted by molar-refractivity contribution is 7.86. The van der Waals surface area contributed by atoms with Crippen molar-refractivity contribution in [3.8, 4) is 0 Å². The molecule has 74 heavy (non-hydrogen) atoms. The summed E-state index contributed by atoms with van der Waals surface area (Å²) in [6.07, 6.45) is 15.7. The zero-order valence-electron chi connectivity index (χ0n) is 43.5. The number of fused-ring (bicyclic) bond motifs is 3. The number of nitrogens with one attached hydrogen (secondary N) is 1. The van der Waals surface area contributed by atoms with Gasteiger partial charge in [0.05, 0.1) is 87.6 Å². The first-order valence-electron chi connectivity index (χ1n) is 25.8. The molecule has 6 aromatic heterocycles. The average Bonchev–Trinajstić information content (AvgIpc) is 4.30. The van der Waals surface area contributed by atoms with Gasteiger partial charge in [-0.15, -0.1) is 0 Å². The molecule has 6 fully saturated rings. The van der Waals surface area contributed by atoms with E-state index in [1.165, 1.54) is 61.4 Å². The maximum atomic E-state index is 13.0. The summed E-state index contributed by atoms with van der Waals surface area (Å²) >= 11 is 0. The molecule has 0 radical (unpaired) electrons. The van der Waals surface area contributed by atoms with Crippen molar-refractivity contribution in [2.45, 2.75) is 111 Å². The molecule has 0 aromatic carbocycles. The summed E-state index contributed by atoms with van der Waals surface area (Å²) in [6, 6.07) is 0. The van der Waals surface area contributed by atoms with Crippen molar-refractivity contribution < 1.29 is 26.8 Å². The summed E-state index contributed by atoms with van der Waals surface area (Å²) in [4.78, 5) is 76.6. The molecule has 0 unspecified atom stereocenters. The first kappa shape index (κ1) is 53.1. The number of hydrogen-bond acceptors (Lipinski definition) is 15. The fourth-order valence-corrected chi connectivity index (χ4v) is 9.96. The molecule has 6 aromatic rings. The van der Waals surface area contributed by atoms with Crippen LogP contribution in [0.25, 0.3) is 33.1 Å². The van der Waals surface area contributed by atoms with Crippen LogP contribution in [0.15, 0.2) is 47.4 Å². The van der Waals surface area contributed by atoms with Gasteiger partial charge in [0.15, 0.2) is 16.6 Å². The van der Waals surface area contributed by atoms with Gasteiger partial charge in [0, 0.05) is 70.1 Å². The Morgan fingerprint density at radius 2 is 0.919 bits per heavy atom. The van der Waals surface area contributed by atoms with Gasteiger partial charge in [0.1, 0.15) is 0 Å². The smallest absolute Gasteiger partial charge is 0.331 e. The van der Waals surface area contributed by atoms with Gasteiger partial charge in [0.2, 0.25) is 0 Å². The van der Waals surface area contributed by atoms with Crippen LogP contribution in [0.3, 0.4) is 0 Å². The highest BCUT2D eigenvalue weighted by Crippen LogP contribution is 2.35. The Labute approximate surface area is 425 Å². The quantitative estimate of drug-likeness (QED) is 0.135. The van der Waals surface area contributed by atoms with Crippen LogP contribution in [0, 0.1) is 34.0 Å². The van der Waals surface area contributed by atoms with Crippen molar-refractivity contribution in [2.75, 3.05) is 52.5 Å². The van der Waals surface area contributed by atoms with Crippen molar-refractivity contribution in [3.63, 3.8) is 0 Å². The molecule has 0 atom stereocenters. The minimum Gasteiger partial charge on any atom is -0.380 e. The Balaban J connectivity index is 0.000000125. The molecule has 25 heteroatoms. The molecule has 6 aliphatic rings. The Bertz CT molecular complexity index is 3370. The number of aromatic nitrogens is 12. The van der Waals surface area contributed by atoms with Crippen molar-refractivity contribution >= 4 is 43.2 Å². The van der Waals surface area contributed by atoms with Crippen molar-refractivity contribution in [1.29, 1.82) is 0 Å². The van der Waals surface area contributed by atoms with Crippen LogP contribution in [-0.2, 0) is 82.4 Å². The number of aryl methyl sites for hydroxylation is 3. The van der Waals surface area contributed by atoms with Crippen LogP contribution in [-0.4, -0.2) is 118 Å². The minimum atomic E-state index is -3.30. The summed E-state index contributed by atoms with van der Waals surface area (Å²) in [5, 5.41) is 12.9. The summed E-state index contributed by atoms with van der Waals surface area (Å²) < 4.78 is 54.2. The highest BCUT2D eigenvalue weighted by atomic mass is 32.2. The molecule has 1 N–H and O–H groups in total. The molecular weight excluding hydrogens is 981 g/mol. The topological polar surface area (TPSA) is 267 Å². The third-order valence-electron chi connectivity index (χ3n) is 15.9. The van der Waals surface area contributed by atoms with E-state index >= 15 is 0 Å². The van der Waals surface area contributed by atoms with Gasteiger partial charge in [0.25, 0.3) is 26.8 Å². The third-order valence-corrected chi connectivity index (χ3v) is 16.4. The van der Waals surface area contributed by atoms with Gasteiger partial charge in [-0.25, -0.2) is 14.4 Å². The van der Waals surface area contributed by atoms with Gasteiger partial charge in [-0.3, -0.25) is 60.4 Å². The van der Waals surface area contributed by atoms with Crippen LogP contribution < -0.4 is 33.7 Å². The second kappa shape index (κ2) is 20.8. The Hall–Kier alpha value is -5.76. The Morgan fingerprint density at radius 1 is 0.568 bits per heavy atom. The molecule has 12 rings (SSSR count). The summed E-state index contributed by atoms with van der Waals surface area (Å²) in [5.74, 6) is 1.87.